The molecule has 0 radical (unpaired) electrons. The summed E-state index contributed by atoms with van der Waals surface area (Å²) < 4.78 is 5.44. The van der Waals surface area contributed by atoms with Crippen LogP contribution in [0.15, 0.2) is 12.7 Å². The zero-order valence-electron chi connectivity index (χ0n) is 8.31. The molecular weight excluding hydrogens is 150 g/mol. The Morgan fingerprint density at radius 2 is 2.25 bits per heavy atom. The number of ether oxygens (including phenoxy) is 1. The van der Waals surface area contributed by atoms with E-state index in [4.69, 9.17) is 4.74 Å². The number of hydrogen-bond donors (Lipinski definition) is 1. The first kappa shape index (κ1) is 11.7. The van der Waals surface area contributed by atoms with Gasteiger partial charge in [0.25, 0.3) is 0 Å². The number of likely N-dealkylation sites (N-methyl/N-ethyl adjacent to an activating group) is 1. The molecule has 72 valence electrons. The van der Waals surface area contributed by atoms with E-state index in [0.29, 0.717) is 6.04 Å². The smallest absolute Gasteiger partial charge is 0.0622 e. The first-order chi connectivity index (χ1) is 5.85. The largest absolute Gasteiger partial charge is 0.380 e. The van der Waals surface area contributed by atoms with E-state index >= 15 is 0 Å². The molecule has 2 heteroatoms. The second-order valence-corrected chi connectivity index (χ2v) is 2.85. The summed E-state index contributed by atoms with van der Waals surface area (Å²) in [5.74, 6) is 0. The molecule has 0 amide bonds. The van der Waals surface area contributed by atoms with Crippen LogP contribution in [0.25, 0.3) is 0 Å². The third kappa shape index (κ3) is 6.38. The van der Waals surface area contributed by atoms with Crippen molar-refractivity contribution in [2.24, 2.45) is 0 Å². The van der Waals surface area contributed by atoms with Crippen LogP contribution in [-0.2, 0) is 4.74 Å². The predicted molar refractivity (Wildman–Crippen MR) is 53.4 cm³/mol. The second-order valence-electron chi connectivity index (χ2n) is 2.85. The van der Waals surface area contributed by atoms with Crippen molar-refractivity contribution in [1.82, 2.24) is 5.32 Å². The van der Waals surface area contributed by atoms with E-state index in [9.17, 15) is 0 Å². The molecule has 0 aromatic heterocycles. The van der Waals surface area contributed by atoms with Crippen molar-refractivity contribution in [1.29, 1.82) is 0 Å². The van der Waals surface area contributed by atoms with Crippen LogP contribution in [0.1, 0.15) is 26.7 Å². The first-order valence-electron chi connectivity index (χ1n) is 4.77. The van der Waals surface area contributed by atoms with Crippen molar-refractivity contribution < 1.29 is 4.74 Å². The summed E-state index contributed by atoms with van der Waals surface area (Å²) in [4.78, 5) is 0. The fourth-order valence-electron chi connectivity index (χ4n) is 1.07. The van der Waals surface area contributed by atoms with Gasteiger partial charge in [0.15, 0.2) is 0 Å². The number of rotatable bonds is 8. The van der Waals surface area contributed by atoms with E-state index in [0.717, 1.165) is 32.6 Å². The van der Waals surface area contributed by atoms with E-state index in [1.807, 2.05) is 6.08 Å². The third-order valence-electron chi connectivity index (χ3n) is 1.61. The molecule has 0 aliphatic carbocycles. The van der Waals surface area contributed by atoms with Crippen molar-refractivity contribution in [3.05, 3.63) is 12.7 Å². The summed E-state index contributed by atoms with van der Waals surface area (Å²) in [7, 11) is 0. The topological polar surface area (TPSA) is 21.3 Å². The van der Waals surface area contributed by atoms with Crippen molar-refractivity contribution in [2.45, 2.75) is 32.7 Å². The van der Waals surface area contributed by atoms with Crippen molar-refractivity contribution in [2.75, 3.05) is 19.8 Å². The van der Waals surface area contributed by atoms with Gasteiger partial charge in [-0.3, -0.25) is 0 Å². The van der Waals surface area contributed by atoms with Gasteiger partial charge in [0, 0.05) is 12.6 Å². The van der Waals surface area contributed by atoms with Gasteiger partial charge in [-0.2, -0.15) is 0 Å². The Bertz CT molecular complexity index is 104. The zero-order valence-corrected chi connectivity index (χ0v) is 8.31. The molecule has 0 aliphatic heterocycles. The van der Waals surface area contributed by atoms with Gasteiger partial charge in [0.05, 0.1) is 6.61 Å². The predicted octanol–water partition coefficient (Wildman–Crippen LogP) is 1.97. The molecule has 0 saturated carbocycles. The highest BCUT2D eigenvalue weighted by Crippen LogP contribution is 1.94. The highest BCUT2D eigenvalue weighted by molar-refractivity contribution is 4.77. The summed E-state index contributed by atoms with van der Waals surface area (Å²) >= 11 is 0. The number of hydrogen-bond acceptors (Lipinski definition) is 2. The average Bonchev–Trinajstić information content (AvgIpc) is 2.06. The van der Waals surface area contributed by atoms with Crippen LogP contribution < -0.4 is 5.32 Å². The molecule has 1 atom stereocenters. The van der Waals surface area contributed by atoms with Crippen LogP contribution in [0.2, 0.25) is 0 Å². The Morgan fingerprint density at radius 1 is 1.50 bits per heavy atom. The molecule has 0 bridgehead atoms. The lowest BCUT2D eigenvalue weighted by molar-refractivity contribution is 0.113. The minimum Gasteiger partial charge on any atom is -0.380 e. The van der Waals surface area contributed by atoms with Crippen molar-refractivity contribution in [3.63, 3.8) is 0 Å². The Balaban J connectivity index is 3.40. The van der Waals surface area contributed by atoms with E-state index in [2.05, 4.69) is 25.7 Å². The van der Waals surface area contributed by atoms with Crippen LogP contribution in [0.5, 0.6) is 0 Å². The van der Waals surface area contributed by atoms with E-state index < -0.39 is 0 Å². The molecule has 0 aromatic carbocycles. The molecule has 0 saturated heterocycles. The van der Waals surface area contributed by atoms with Crippen LogP contribution in [0, 0.1) is 0 Å². The van der Waals surface area contributed by atoms with E-state index in [1.165, 1.54) is 0 Å². The van der Waals surface area contributed by atoms with E-state index in [1.54, 1.807) is 0 Å². The van der Waals surface area contributed by atoms with Gasteiger partial charge in [0.1, 0.15) is 0 Å². The highest BCUT2D eigenvalue weighted by Gasteiger charge is 2.03. The van der Waals surface area contributed by atoms with Gasteiger partial charge in [-0.15, -0.1) is 6.58 Å². The average molecular weight is 171 g/mol. The lowest BCUT2D eigenvalue weighted by Gasteiger charge is -2.15. The maximum atomic E-state index is 5.44. The lowest BCUT2D eigenvalue weighted by Crippen LogP contribution is -2.32. The molecule has 0 heterocycles. The third-order valence-corrected chi connectivity index (χ3v) is 1.61. The van der Waals surface area contributed by atoms with Gasteiger partial charge < -0.3 is 10.1 Å². The molecule has 0 spiro atoms. The minimum absolute atomic E-state index is 0.444. The fraction of sp³-hybridized carbons (Fsp3) is 0.800. The standard InChI is InChI=1S/C10H21NO/c1-4-7-10(11-6-3)9-12-8-5-2/h4,10-11H,1,5-9H2,2-3H3. The highest BCUT2D eigenvalue weighted by atomic mass is 16.5. The van der Waals surface area contributed by atoms with E-state index in [-0.39, 0.29) is 0 Å². The van der Waals surface area contributed by atoms with Gasteiger partial charge in [-0.25, -0.2) is 0 Å². The summed E-state index contributed by atoms with van der Waals surface area (Å²) in [6, 6.07) is 0.444. The van der Waals surface area contributed by atoms with Gasteiger partial charge in [-0.05, 0) is 19.4 Å². The number of nitrogens with one attached hydrogen (secondary N) is 1. The van der Waals surface area contributed by atoms with Gasteiger partial charge >= 0.3 is 0 Å². The van der Waals surface area contributed by atoms with Gasteiger partial charge in [0.2, 0.25) is 0 Å². The quantitative estimate of drug-likeness (QED) is 0.445. The summed E-state index contributed by atoms with van der Waals surface area (Å²) in [5, 5.41) is 3.35. The first-order valence-corrected chi connectivity index (χ1v) is 4.77. The Morgan fingerprint density at radius 3 is 2.75 bits per heavy atom. The van der Waals surface area contributed by atoms with Gasteiger partial charge in [-0.1, -0.05) is 19.9 Å². The zero-order chi connectivity index (χ0) is 9.23. The summed E-state index contributed by atoms with van der Waals surface area (Å²) in [6.07, 6.45) is 4.01. The maximum absolute atomic E-state index is 5.44. The van der Waals surface area contributed by atoms with Crippen LogP contribution in [0.4, 0.5) is 0 Å². The monoisotopic (exact) mass is 171 g/mol. The summed E-state index contributed by atoms with van der Waals surface area (Å²) in [5.41, 5.74) is 0. The summed E-state index contributed by atoms with van der Waals surface area (Å²) in [6.45, 7) is 10.6. The van der Waals surface area contributed by atoms with Crippen molar-refractivity contribution >= 4 is 0 Å². The molecular formula is C10H21NO. The molecule has 1 unspecified atom stereocenters. The maximum Gasteiger partial charge on any atom is 0.0622 e. The Labute approximate surface area is 76.0 Å². The van der Waals surface area contributed by atoms with Crippen LogP contribution in [-0.4, -0.2) is 25.8 Å². The Kier molecular flexibility index (Phi) is 8.51. The second kappa shape index (κ2) is 8.75. The van der Waals surface area contributed by atoms with Crippen molar-refractivity contribution in [3.8, 4) is 0 Å². The molecule has 2 nitrogen and oxygen atoms in total. The van der Waals surface area contributed by atoms with Crippen LogP contribution in [0.3, 0.4) is 0 Å². The normalized spacial score (nSPS) is 12.8. The Hall–Kier alpha value is -0.340. The SMILES string of the molecule is C=CCC(COCCC)NCC. The molecule has 0 rings (SSSR count). The molecule has 0 aliphatic rings. The minimum atomic E-state index is 0.444. The van der Waals surface area contributed by atoms with Crippen LogP contribution >= 0.6 is 0 Å². The fourth-order valence-corrected chi connectivity index (χ4v) is 1.07. The molecule has 1 N–H and O–H groups in total. The lowest BCUT2D eigenvalue weighted by atomic mass is 10.2. The molecule has 12 heavy (non-hydrogen) atoms. The molecule has 0 fully saturated rings. The molecule has 0 aromatic rings.